The third kappa shape index (κ3) is 6.12. The molecule has 2 aromatic heterocycles. The lowest BCUT2D eigenvalue weighted by Crippen LogP contribution is -2.31. The number of ether oxygens (including phenoxy) is 2. The Labute approximate surface area is 199 Å². The molecule has 13 heteroatoms. The molecule has 0 atom stereocenters. The van der Waals surface area contributed by atoms with E-state index in [0.29, 0.717) is 6.61 Å². The fourth-order valence-corrected chi connectivity index (χ4v) is 3.84. The molecule has 3 rings (SSSR count). The van der Waals surface area contributed by atoms with Gasteiger partial charge in [-0.25, -0.2) is 19.1 Å². The molecule has 2 heterocycles. The third-order valence-electron chi connectivity index (χ3n) is 4.01. The van der Waals surface area contributed by atoms with Crippen molar-refractivity contribution in [1.82, 2.24) is 19.3 Å². The van der Waals surface area contributed by atoms with Crippen LogP contribution in [0.4, 0.5) is 4.39 Å². The number of amides is 1. The normalized spacial score (nSPS) is 11.5. The smallest absolute Gasteiger partial charge is 0.283 e. The first-order chi connectivity index (χ1) is 15.5. The zero-order chi connectivity index (χ0) is 24.3. The number of rotatable bonds is 8. The Bertz CT molecular complexity index is 1300. The van der Waals surface area contributed by atoms with Gasteiger partial charge in [0.2, 0.25) is 5.88 Å². The molecular weight excluding hydrogens is 498 g/mol. The summed E-state index contributed by atoms with van der Waals surface area (Å²) in [4.78, 5) is 20.1. The van der Waals surface area contributed by atoms with E-state index < -0.39 is 32.3 Å². The van der Waals surface area contributed by atoms with Crippen LogP contribution in [0.1, 0.15) is 24.2 Å². The minimum absolute atomic E-state index is 0.132. The van der Waals surface area contributed by atoms with Crippen LogP contribution in [0.25, 0.3) is 0 Å². The van der Waals surface area contributed by atoms with Gasteiger partial charge >= 0.3 is 0 Å². The Balaban J connectivity index is 1.77. The van der Waals surface area contributed by atoms with Crippen LogP contribution in [-0.2, 0) is 17.1 Å². The van der Waals surface area contributed by atoms with E-state index in [1.54, 1.807) is 11.8 Å². The Kier molecular flexibility index (Phi) is 7.45. The zero-order valence-corrected chi connectivity index (χ0v) is 20.0. The molecule has 0 saturated heterocycles. The summed E-state index contributed by atoms with van der Waals surface area (Å²) in [5, 5.41) is -0.358. The molecule has 33 heavy (non-hydrogen) atoms. The van der Waals surface area contributed by atoms with Crippen molar-refractivity contribution in [2.24, 2.45) is 13.0 Å². The van der Waals surface area contributed by atoms with E-state index in [2.05, 4.69) is 9.97 Å². The molecule has 176 valence electrons. The number of aryl methyl sites for hydroxylation is 1. The molecule has 0 bridgehead atoms. The van der Waals surface area contributed by atoms with E-state index in [1.807, 2.05) is 13.8 Å². The van der Waals surface area contributed by atoms with Crippen molar-refractivity contribution in [3.05, 3.63) is 58.3 Å². The van der Waals surface area contributed by atoms with Gasteiger partial charge in [0, 0.05) is 25.4 Å². The van der Waals surface area contributed by atoms with Crippen molar-refractivity contribution in [1.29, 1.82) is 0 Å². The number of aromatic nitrogens is 3. The highest BCUT2D eigenvalue weighted by Gasteiger charge is 2.24. The van der Waals surface area contributed by atoms with Crippen LogP contribution >= 0.6 is 23.2 Å². The Morgan fingerprint density at radius 2 is 1.94 bits per heavy atom. The zero-order valence-electron chi connectivity index (χ0n) is 17.7. The number of nitrogens with zero attached hydrogens (tertiary/aromatic N) is 3. The summed E-state index contributed by atoms with van der Waals surface area (Å²) < 4.78 is 53.3. The molecule has 0 aliphatic rings. The molecule has 9 nitrogen and oxygen atoms in total. The van der Waals surface area contributed by atoms with Gasteiger partial charge in [0.15, 0.2) is 5.03 Å². The van der Waals surface area contributed by atoms with E-state index in [0.717, 1.165) is 12.1 Å². The van der Waals surface area contributed by atoms with Gasteiger partial charge in [-0.15, -0.1) is 0 Å². The number of imidazole rings is 1. The summed E-state index contributed by atoms with van der Waals surface area (Å²) in [5.74, 6) is -1.77. The molecule has 1 N–H and O–H groups in total. The molecule has 1 amide bonds. The number of pyridine rings is 1. The molecule has 3 aromatic rings. The maximum atomic E-state index is 14.6. The monoisotopic (exact) mass is 516 g/mol. The van der Waals surface area contributed by atoms with Crippen LogP contribution < -0.4 is 14.2 Å². The number of hydrogen-bond donors (Lipinski definition) is 1. The fourth-order valence-electron chi connectivity index (χ4n) is 2.48. The van der Waals surface area contributed by atoms with Gasteiger partial charge in [-0.3, -0.25) is 4.79 Å². The summed E-state index contributed by atoms with van der Waals surface area (Å²) in [7, 11) is -2.75. The van der Waals surface area contributed by atoms with Crippen LogP contribution in [0.15, 0.2) is 41.9 Å². The van der Waals surface area contributed by atoms with E-state index in [-0.39, 0.29) is 33.3 Å². The van der Waals surface area contributed by atoms with Gasteiger partial charge < -0.3 is 14.0 Å². The van der Waals surface area contributed by atoms with E-state index in [1.165, 1.54) is 29.4 Å². The van der Waals surface area contributed by atoms with Gasteiger partial charge in [-0.2, -0.15) is 8.42 Å². The van der Waals surface area contributed by atoms with Crippen molar-refractivity contribution in [2.45, 2.75) is 18.9 Å². The van der Waals surface area contributed by atoms with Gasteiger partial charge in [0.1, 0.15) is 22.3 Å². The van der Waals surface area contributed by atoms with Crippen LogP contribution in [0.3, 0.4) is 0 Å². The number of hydrogen-bond acceptors (Lipinski definition) is 7. The topological polar surface area (TPSA) is 112 Å². The molecule has 0 spiro atoms. The number of halogens is 3. The lowest BCUT2D eigenvalue weighted by Gasteiger charge is -2.12. The van der Waals surface area contributed by atoms with Crippen molar-refractivity contribution in [3.63, 3.8) is 0 Å². The summed E-state index contributed by atoms with van der Waals surface area (Å²) in [6.07, 6.45) is 3.75. The number of carbonyl (C=O) groups excluding carboxylic acids is 1. The van der Waals surface area contributed by atoms with Crippen LogP contribution in [0.5, 0.6) is 17.4 Å². The van der Waals surface area contributed by atoms with Gasteiger partial charge in [-0.05, 0) is 12.0 Å². The summed E-state index contributed by atoms with van der Waals surface area (Å²) >= 11 is 12.3. The minimum atomic E-state index is -4.30. The first-order valence-electron chi connectivity index (χ1n) is 9.46. The van der Waals surface area contributed by atoms with Gasteiger partial charge in [0.25, 0.3) is 15.9 Å². The Morgan fingerprint density at radius 3 is 2.55 bits per heavy atom. The summed E-state index contributed by atoms with van der Waals surface area (Å²) in [6.45, 7) is 4.36. The first kappa shape index (κ1) is 24.7. The fraction of sp³-hybridized carbons (Fsp3) is 0.250. The molecule has 0 aliphatic heterocycles. The average molecular weight is 517 g/mol. The van der Waals surface area contributed by atoms with E-state index in [9.17, 15) is 17.6 Å². The first-order valence-corrected chi connectivity index (χ1v) is 11.7. The standard InChI is InChI=1S/C20H19Cl2FN4O5S/c1-11(2)9-31-20-15(22)4-12(7-24-20)32-17-6-16(23)13(5-14(17)21)19(28)26-33(29,30)18-8-27(3)10-25-18/h4-8,10-11H,9H2,1-3H3,(H,26,28). The lowest BCUT2D eigenvalue weighted by molar-refractivity contribution is 0.0977. The molecule has 0 aliphatic carbocycles. The van der Waals surface area contributed by atoms with Gasteiger partial charge in [-0.1, -0.05) is 37.0 Å². The maximum absolute atomic E-state index is 14.6. The Morgan fingerprint density at radius 1 is 1.21 bits per heavy atom. The molecular formula is C20H19Cl2FN4O5S. The van der Waals surface area contributed by atoms with E-state index >= 15 is 0 Å². The van der Waals surface area contributed by atoms with Crippen molar-refractivity contribution < 1.29 is 27.1 Å². The average Bonchev–Trinajstić information content (AvgIpc) is 3.16. The summed E-state index contributed by atoms with van der Waals surface area (Å²) in [6, 6.07) is 3.21. The van der Waals surface area contributed by atoms with Crippen LogP contribution in [0.2, 0.25) is 10.0 Å². The number of sulfonamides is 1. The Hall–Kier alpha value is -2.89. The van der Waals surface area contributed by atoms with Crippen molar-refractivity contribution in [2.75, 3.05) is 6.61 Å². The third-order valence-corrected chi connectivity index (χ3v) is 5.80. The number of carbonyl (C=O) groups is 1. The number of nitrogens with one attached hydrogen (secondary N) is 1. The molecule has 0 unspecified atom stereocenters. The second-order valence-electron chi connectivity index (χ2n) is 7.34. The molecule has 1 aromatic carbocycles. The highest BCUT2D eigenvalue weighted by Crippen LogP contribution is 2.34. The quantitative estimate of drug-likeness (QED) is 0.477. The SMILES string of the molecule is CC(C)COc1ncc(Oc2cc(F)c(C(=O)NS(=O)(=O)c3cn(C)cn3)cc2Cl)cc1Cl. The maximum Gasteiger partial charge on any atom is 0.283 e. The largest absolute Gasteiger partial charge is 0.476 e. The molecule has 0 saturated carbocycles. The van der Waals surface area contributed by atoms with Crippen LogP contribution in [-0.4, -0.2) is 35.5 Å². The van der Waals surface area contributed by atoms with E-state index in [4.69, 9.17) is 32.7 Å². The summed E-state index contributed by atoms with van der Waals surface area (Å²) in [5.41, 5.74) is -0.597. The lowest BCUT2D eigenvalue weighted by atomic mass is 10.2. The second-order valence-corrected chi connectivity index (χ2v) is 9.78. The second kappa shape index (κ2) is 9.94. The predicted molar refractivity (Wildman–Crippen MR) is 119 cm³/mol. The van der Waals surface area contributed by atoms with Crippen molar-refractivity contribution in [3.8, 4) is 17.4 Å². The van der Waals surface area contributed by atoms with Crippen LogP contribution in [0, 0.1) is 11.7 Å². The molecule has 0 radical (unpaired) electrons. The number of benzene rings is 1. The minimum Gasteiger partial charge on any atom is -0.476 e. The highest BCUT2D eigenvalue weighted by molar-refractivity contribution is 7.90. The van der Waals surface area contributed by atoms with Crippen molar-refractivity contribution >= 4 is 39.1 Å². The van der Waals surface area contributed by atoms with Gasteiger partial charge in [0.05, 0.1) is 29.7 Å². The predicted octanol–water partition coefficient (Wildman–Crippen LogP) is 4.21. The molecule has 0 fully saturated rings. The highest BCUT2D eigenvalue weighted by atomic mass is 35.5.